The molecule has 0 aromatic heterocycles. The van der Waals surface area contributed by atoms with Crippen molar-refractivity contribution in [1.29, 1.82) is 0 Å². The highest BCUT2D eigenvalue weighted by Crippen LogP contribution is 2.28. The SMILES string of the molecule is CC(=O)C[C@@H](C=O)NC(=O)CN1C(=O)C(NC(=O)NCc2ccccc2)N=C(c2ccccc2)c2ccccc21. The number of ketones is 1. The van der Waals surface area contributed by atoms with Crippen molar-refractivity contribution in [3.63, 3.8) is 0 Å². The van der Waals surface area contributed by atoms with Crippen molar-refractivity contribution < 1.29 is 24.0 Å². The summed E-state index contributed by atoms with van der Waals surface area (Å²) >= 11 is 0. The predicted molar refractivity (Wildman–Crippen MR) is 150 cm³/mol. The van der Waals surface area contributed by atoms with Gasteiger partial charge in [-0.25, -0.2) is 9.79 Å². The lowest BCUT2D eigenvalue weighted by atomic mass is 10.0. The second-order valence-electron chi connectivity index (χ2n) is 9.22. The topological polar surface area (TPSA) is 137 Å². The van der Waals surface area contributed by atoms with E-state index in [0.717, 1.165) is 5.56 Å². The summed E-state index contributed by atoms with van der Waals surface area (Å²) in [7, 11) is 0. The summed E-state index contributed by atoms with van der Waals surface area (Å²) in [6.07, 6.45) is -1.03. The van der Waals surface area contributed by atoms with Crippen LogP contribution < -0.4 is 20.9 Å². The molecular formula is C30H29N5O5. The number of Topliss-reactive ketones (excluding diaryl/α,β-unsaturated/α-hetero) is 1. The van der Waals surface area contributed by atoms with Crippen molar-refractivity contribution in [3.05, 3.63) is 102 Å². The number of aliphatic imine (C=N–C) groups is 1. The number of urea groups is 1. The minimum atomic E-state index is -1.36. The minimum Gasteiger partial charge on any atom is -0.345 e. The zero-order valence-electron chi connectivity index (χ0n) is 21.9. The molecule has 4 rings (SSSR count). The van der Waals surface area contributed by atoms with E-state index in [-0.39, 0.29) is 18.7 Å². The summed E-state index contributed by atoms with van der Waals surface area (Å²) in [6.45, 7) is 1.09. The van der Waals surface area contributed by atoms with E-state index in [4.69, 9.17) is 0 Å². The number of benzene rings is 3. The Labute approximate surface area is 231 Å². The molecular weight excluding hydrogens is 510 g/mol. The highest BCUT2D eigenvalue weighted by molar-refractivity contribution is 6.21. The van der Waals surface area contributed by atoms with Gasteiger partial charge in [0.1, 0.15) is 18.6 Å². The molecule has 3 N–H and O–H groups in total. The Morgan fingerprint density at radius 1 is 0.950 bits per heavy atom. The molecule has 1 aliphatic heterocycles. The predicted octanol–water partition coefficient (Wildman–Crippen LogP) is 2.36. The molecule has 3 aromatic rings. The zero-order valence-corrected chi connectivity index (χ0v) is 21.9. The number of nitrogens with zero attached hydrogens (tertiary/aromatic N) is 2. The van der Waals surface area contributed by atoms with Crippen LogP contribution in [0.5, 0.6) is 0 Å². The normalized spacial score (nSPS) is 15.1. The molecule has 1 unspecified atom stereocenters. The van der Waals surface area contributed by atoms with Crippen LogP contribution in [0.3, 0.4) is 0 Å². The Balaban J connectivity index is 1.65. The van der Waals surface area contributed by atoms with Gasteiger partial charge in [-0.2, -0.15) is 0 Å². The monoisotopic (exact) mass is 539 g/mol. The van der Waals surface area contributed by atoms with Crippen LogP contribution in [0.4, 0.5) is 10.5 Å². The molecule has 40 heavy (non-hydrogen) atoms. The third-order valence-corrected chi connectivity index (χ3v) is 6.14. The first-order valence-corrected chi connectivity index (χ1v) is 12.7. The Bertz CT molecular complexity index is 1420. The van der Waals surface area contributed by atoms with Crippen molar-refractivity contribution >= 4 is 41.3 Å². The maximum Gasteiger partial charge on any atom is 0.317 e. The number of hydrogen-bond acceptors (Lipinski definition) is 6. The molecule has 2 atom stereocenters. The molecule has 0 radical (unpaired) electrons. The van der Waals surface area contributed by atoms with Gasteiger partial charge in [0.15, 0.2) is 0 Å². The molecule has 3 aromatic carbocycles. The number of fused-ring (bicyclic) bond motifs is 1. The average Bonchev–Trinajstić information content (AvgIpc) is 3.07. The van der Waals surface area contributed by atoms with E-state index < -0.39 is 36.6 Å². The van der Waals surface area contributed by atoms with E-state index >= 15 is 0 Å². The fourth-order valence-electron chi connectivity index (χ4n) is 4.30. The van der Waals surface area contributed by atoms with Gasteiger partial charge in [0.05, 0.1) is 17.4 Å². The molecule has 0 fully saturated rings. The lowest BCUT2D eigenvalue weighted by Gasteiger charge is -2.25. The fourth-order valence-corrected chi connectivity index (χ4v) is 4.30. The summed E-state index contributed by atoms with van der Waals surface area (Å²) in [6, 6.07) is 23.8. The molecule has 4 amide bonds. The van der Waals surface area contributed by atoms with Gasteiger partial charge >= 0.3 is 6.03 Å². The van der Waals surface area contributed by atoms with Crippen LogP contribution in [0.2, 0.25) is 0 Å². The van der Waals surface area contributed by atoms with Crippen LogP contribution in [0.25, 0.3) is 0 Å². The number of aldehydes is 1. The number of carbonyl (C=O) groups is 5. The molecule has 0 bridgehead atoms. The van der Waals surface area contributed by atoms with Gasteiger partial charge in [0.2, 0.25) is 12.1 Å². The summed E-state index contributed by atoms with van der Waals surface area (Å²) in [5.74, 6) is -1.55. The van der Waals surface area contributed by atoms with Crippen LogP contribution in [0.15, 0.2) is 89.9 Å². The van der Waals surface area contributed by atoms with Gasteiger partial charge in [-0.1, -0.05) is 78.9 Å². The number of anilines is 1. The maximum absolute atomic E-state index is 13.8. The molecule has 1 aliphatic rings. The van der Waals surface area contributed by atoms with E-state index in [1.54, 1.807) is 24.3 Å². The second-order valence-corrected chi connectivity index (χ2v) is 9.22. The van der Waals surface area contributed by atoms with Crippen LogP contribution in [-0.2, 0) is 25.7 Å². The first-order chi connectivity index (χ1) is 19.4. The Morgan fingerprint density at radius 3 is 2.27 bits per heavy atom. The molecule has 204 valence electrons. The molecule has 0 aliphatic carbocycles. The van der Waals surface area contributed by atoms with Gasteiger partial charge in [0.25, 0.3) is 5.91 Å². The van der Waals surface area contributed by atoms with E-state index in [1.807, 2.05) is 60.7 Å². The Hall–Kier alpha value is -5.12. The quantitative estimate of drug-likeness (QED) is 0.340. The van der Waals surface area contributed by atoms with Gasteiger partial charge in [-0.15, -0.1) is 0 Å². The largest absolute Gasteiger partial charge is 0.345 e. The van der Waals surface area contributed by atoms with Crippen LogP contribution in [0, 0.1) is 0 Å². The van der Waals surface area contributed by atoms with Crippen molar-refractivity contribution in [2.45, 2.75) is 32.1 Å². The fraction of sp³-hybridized carbons (Fsp3) is 0.200. The smallest absolute Gasteiger partial charge is 0.317 e. The van der Waals surface area contributed by atoms with Crippen LogP contribution in [0.1, 0.15) is 30.0 Å². The number of hydrogen-bond donors (Lipinski definition) is 3. The van der Waals surface area contributed by atoms with E-state index in [1.165, 1.54) is 11.8 Å². The summed E-state index contributed by atoms with van der Waals surface area (Å²) in [5.41, 5.74) is 3.04. The van der Waals surface area contributed by atoms with Gasteiger partial charge in [0, 0.05) is 24.1 Å². The van der Waals surface area contributed by atoms with E-state index in [2.05, 4.69) is 20.9 Å². The van der Waals surface area contributed by atoms with Gasteiger partial charge in [-0.3, -0.25) is 19.3 Å². The number of carbonyl (C=O) groups excluding carboxylic acids is 5. The van der Waals surface area contributed by atoms with Crippen molar-refractivity contribution in [2.75, 3.05) is 11.4 Å². The zero-order chi connectivity index (χ0) is 28.5. The highest BCUT2D eigenvalue weighted by Gasteiger charge is 2.34. The molecule has 1 heterocycles. The highest BCUT2D eigenvalue weighted by atomic mass is 16.2. The average molecular weight is 540 g/mol. The minimum absolute atomic E-state index is 0.160. The molecule has 0 saturated carbocycles. The lowest BCUT2D eigenvalue weighted by Crippen LogP contribution is -2.53. The summed E-state index contributed by atoms with van der Waals surface area (Å²) in [4.78, 5) is 68.4. The summed E-state index contributed by atoms with van der Waals surface area (Å²) < 4.78 is 0. The number of para-hydroxylation sites is 1. The summed E-state index contributed by atoms with van der Waals surface area (Å²) in [5, 5.41) is 7.86. The molecule has 10 nitrogen and oxygen atoms in total. The standard InChI is InChI=1S/C30H29N5O5/c1-20(37)16-23(19-36)32-26(38)18-35-25-15-9-8-14-24(25)27(22-12-6-3-7-13-22)33-28(29(35)39)34-30(40)31-17-21-10-4-2-5-11-21/h2-15,19,23,28H,16-18H2,1H3,(H,32,38)(H2,31,34,40)/t23-,28?/m0/s1. The Kier molecular flexibility index (Phi) is 9.14. The van der Waals surface area contributed by atoms with E-state index in [9.17, 15) is 24.0 Å². The van der Waals surface area contributed by atoms with Gasteiger partial charge in [-0.05, 0) is 18.6 Å². The molecule has 0 saturated heterocycles. The molecule has 10 heteroatoms. The van der Waals surface area contributed by atoms with Crippen molar-refractivity contribution in [3.8, 4) is 0 Å². The number of benzodiazepines with no additional fused rings is 1. The maximum atomic E-state index is 13.8. The van der Waals surface area contributed by atoms with Gasteiger partial charge < -0.3 is 20.7 Å². The lowest BCUT2D eigenvalue weighted by molar-refractivity contribution is -0.126. The van der Waals surface area contributed by atoms with Crippen LogP contribution >= 0.6 is 0 Å². The third kappa shape index (κ3) is 7.04. The van der Waals surface area contributed by atoms with Crippen molar-refractivity contribution in [2.24, 2.45) is 4.99 Å². The Morgan fingerprint density at radius 2 is 1.60 bits per heavy atom. The number of rotatable bonds is 10. The van der Waals surface area contributed by atoms with Crippen molar-refractivity contribution in [1.82, 2.24) is 16.0 Å². The number of nitrogens with one attached hydrogen (secondary N) is 3. The second kappa shape index (κ2) is 13.1. The third-order valence-electron chi connectivity index (χ3n) is 6.14. The first kappa shape index (κ1) is 27.9. The molecule has 0 spiro atoms. The first-order valence-electron chi connectivity index (χ1n) is 12.7. The van der Waals surface area contributed by atoms with E-state index in [0.29, 0.717) is 28.8 Å². The van der Waals surface area contributed by atoms with Crippen LogP contribution in [-0.4, -0.2) is 54.4 Å². The number of amides is 4.